The van der Waals surface area contributed by atoms with Crippen LogP contribution in [0.5, 0.6) is 5.75 Å². The van der Waals surface area contributed by atoms with Crippen LogP contribution in [-0.4, -0.2) is 22.4 Å². The van der Waals surface area contributed by atoms with Gasteiger partial charge in [0.05, 0.1) is 24.4 Å². The molecule has 0 aliphatic heterocycles. The predicted octanol–water partition coefficient (Wildman–Crippen LogP) is 4.81. The Morgan fingerprint density at radius 1 is 1.24 bits per heavy atom. The van der Waals surface area contributed by atoms with Gasteiger partial charge < -0.3 is 9.30 Å². The molecule has 4 nitrogen and oxygen atoms in total. The number of aromatic nitrogens is 2. The van der Waals surface area contributed by atoms with E-state index < -0.39 is 0 Å². The zero-order chi connectivity index (χ0) is 17.8. The highest BCUT2D eigenvalue weighted by Crippen LogP contribution is 2.33. The second-order valence-corrected chi connectivity index (χ2v) is 6.51. The minimum Gasteiger partial charge on any atom is -0.494 e. The molecule has 0 bridgehead atoms. The highest BCUT2D eigenvalue weighted by atomic mass is 16.5. The van der Waals surface area contributed by atoms with Gasteiger partial charge in [0.1, 0.15) is 5.75 Å². The van der Waals surface area contributed by atoms with Crippen LogP contribution in [0.25, 0.3) is 10.9 Å². The average Bonchev–Trinajstić information content (AvgIpc) is 2.94. The largest absolute Gasteiger partial charge is 0.494 e. The van der Waals surface area contributed by atoms with Crippen molar-refractivity contribution in [2.45, 2.75) is 39.7 Å². The third-order valence-corrected chi connectivity index (χ3v) is 4.30. The number of fused-ring (bicyclic) bond motifs is 1. The van der Waals surface area contributed by atoms with Crippen LogP contribution in [0, 0.1) is 0 Å². The molecule has 0 radical (unpaired) electrons. The predicted molar refractivity (Wildman–Crippen MR) is 101 cm³/mol. The molecular weight excluding hydrogens is 312 g/mol. The van der Waals surface area contributed by atoms with Gasteiger partial charge in [0, 0.05) is 28.9 Å². The van der Waals surface area contributed by atoms with Crippen LogP contribution < -0.4 is 4.74 Å². The highest BCUT2D eigenvalue weighted by molar-refractivity contribution is 6.00. The van der Waals surface area contributed by atoms with Gasteiger partial charge >= 0.3 is 0 Å². The van der Waals surface area contributed by atoms with E-state index in [1.807, 2.05) is 36.4 Å². The molecule has 3 aromatic rings. The number of aldehydes is 1. The first-order valence-electron chi connectivity index (χ1n) is 8.79. The Balaban J connectivity index is 2.18. The van der Waals surface area contributed by atoms with Gasteiger partial charge in [-0.15, -0.1) is 0 Å². The fourth-order valence-corrected chi connectivity index (χ4v) is 3.26. The van der Waals surface area contributed by atoms with Gasteiger partial charge in [-0.25, -0.2) is 0 Å². The molecule has 0 amide bonds. The van der Waals surface area contributed by atoms with Crippen molar-refractivity contribution in [2.75, 3.05) is 6.61 Å². The Labute approximate surface area is 148 Å². The maximum absolute atomic E-state index is 11.8. The van der Waals surface area contributed by atoms with Crippen molar-refractivity contribution in [3.63, 3.8) is 0 Å². The van der Waals surface area contributed by atoms with Crippen LogP contribution in [0.15, 0.2) is 42.6 Å². The Morgan fingerprint density at radius 2 is 2.08 bits per heavy atom. The fraction of sp³-hybridized carbons (Fsp3) is 0.333. The minimum absolute atomic E-state index is 0.233. The van der Waals surface area contributed by atoms with Gasteiger partial charge in [-0.2, -0.15) is 0 Å². The molecule has 0 aliphatic carbocycles. The van der Waals surface area contributed by atoms with E-state index in [1.54, 1.807) is 6.20 Å². The molecule has 0 saturated heterocycles. The number of benzene rings is 1. The van der Waals surface area contributed by atoms with Crippen molar-refractivity contribution in [3.8, 4) is 5.75 Å². The lowest BCUT2D eigenvalue weighted by molar-refractivity contribution is 0.112. The molecule has 0 spiro atoms. The lowest BCUT2D eigenvalue weighted by atomic mass is 10.0. The van der Waals surface area contributed by atoms with Crippen molar-refractivity contribution in [2.24, 2.45) is 0 Å². The van der Waals surface area contributed by atoms with Crippen molar-refractivity contribution < 1.29 is 9.53 Å². The SMILES string of the molecule is CCCOc1ccc2c(C=O)c(C(C)C)n(Cc3ccccn3)c2c1. The maximum atomic E-state index is 11.8. The summed E-state index contributed by atoms with van der Waals surface area (Å²) in [6.07, 6.45) is 3.73. The monoisotopic (exact) mass is 336 g/mol. The molecular formula is C21H24N2O2. The van der Waals surface area contributed by atoms with E-state index in [2.05, 4.69) is 30.3 Å². The Bertz CT molecular complexity index is 866. The topological polar surface area (TPSA) is 44.1 Å². The molecule has 0 saturated carbocycles. The van der Waals surface area contributed by atoms with Crippen molar-refractivity contribution >= 4 is 17.2 Å². The Kier molecular flexibility index (Phi) is 5.17. The zero-order valence-electron chi connectivity index (χ0n) is 15.0. The molecule has 25 heavy (non-hydrogen) atoms. The minimum atomic E-state index is 0.233. The molecule has 130 valence electrons. The first-order chi connectivity index (χ1) is 12.2. The first-order valence-corrected chi connectivity index (χ1v) is 8.79. The number of nitrogens with zero attached hydrogens (tertiary/aromatic N) is 2. The average molecular weight is 336 g/mol. The Morgan fingerprint density at radius 3 is 2.72 bits per heavy atom. The summed E-state index contributed by atoms with van der Waals surface area (Å²) in [4.78, 5) is 16.3. The van der Waals surface area contributed by atoms with Gasteiger partial charge in [-0.1, -0.05) is 26.8 Å². The quantitative estimate of drug-likeness (QED) is 0.582. The normalized spacial score (nSPS) is 11.2. The van der Waals surface area contributed by atoms with Crippen LogP contribution >= 0.6 is 0 Å². The molecule has 3 rings (SSSR count). The smallest absolute Gasteiger partial charge is 0.152 e. The Hall–Kier alpha value is -2.62. The van der Waals surface area contributed by atoms with Gasteiger partial charge in [0.2, 0.25) is 0 Å². The summed E-state index contributed by atoms with van der Waals surface area (Å²) >= 11 is 0. The molecule has 0 aliphatic rings. The summed E-state index contributed by atoms with van der Waals surface area (Å²) in [6.45, 7) is 7.64. The number of hydrogen-bond donors (Lipinski definition) is 0. The molecule has 0 N–H and O–H groups in total. The third kappa shape index (κ3) is 3.43. The number of hydrogen-bond acceptors (Lipinski definition) is 3. The van der Waals surface area contributed by atoms with E-state index in [0.717, 1.165) is 46.3 Å². The second kappa shape index (κ2) is 7.51. The van der Waals surface area contributed by atoms with Crippen LogP contribution in [0.1, 0.15) is 54.9 Å². The van der Waals surface area contributed by atoms with Crippen molar-refractivity contribution in [1.82, 2.24) is 9.55 Å². The third-order valence-electron chi connectivity index (χ3n) is 4.30. The summed E-state index contributed by atoms with van der Waals surface area (Å²) < 4.78 is 7.99. The number of rotatable bonds is 7. The highest BCUT2D eigenvalue weighted by Gasteiger charge is 2.20. The summed E-state index contributed by atoms with van der Waals surface area (Å²) in [5, 5.41) is 0.971. The van der Waals surface area contributed by atoms with E-state index in [0.29, 0.717) is 13.2 Å². The van der Waals surface area contributed by atoms with Gasteiger partial charge in [-0.3, -0.25) is 9.78 Å². The number of pyridine rings is 1. The van der Waals surface area contributed by atoms with Gasteiger partial charge in [0.25, 0.3) is 0 Å². The maximum Gasteiger partial charge on any atom is 0.152 e. The number of carbonyl (C=O) groups excluding carboxylic acids is 1. The summed E-state index contributed by atoms with van der Waals surface area (Å²) in [7, 11) is 0. The summed E-state index contributed by atoms with van der Waals surface area (Å²) in [6, 6.07) is 11.9. The molecule has 0 atom stereocenters. The standard InChI is InChI=1S/C21H24N2O2/c1-4-11-25-17-8-9-18-19(14-24)21(15(2)3)23(20(18)12-17)13-16-7-5-6-10-22-16/h5-10,12,14-15H,4,11,13H2,1-3H3. The van der Waals surface area contributed by atoms with E-state index in [4.69, 9.17) is 4.74 Å². The molecule has 1 aromatic carbocycles. The van der Waals surface area contributed by atoms with E-state index in [9.17, 15) is 4.79 Å². The van der Waals surface area contributed by atoms with Crippen LogP contribution in [0.4, 0.5) is 0 Å². The summed E-state index contributed by atoms with van der Waals surface area (Å²) in [5.74, 6) is 1.07. The molecule has 0 fully saturated rings. The van der Waals surface area contributed by atoms with E-state index in [-0.39, 0.29) is 5.92 Å². The van der Waals surface area contributed by atoms with Crippen LogP contribution in [-0.2, 0) is 6.54 Å². The van der Waals surface area contributed by atoms with Crippen LogP contribution in [0.3, 0.4) is 0 Å². The number of carbonyl (C=O) groups is 1. The van der Waals surface area contributed by atoms with Crippen LogP contribution in [0.2, 0.25) is 0 Å². The molecule has 2 aromatic heterocycles. The lowest BCUT2D eigenvalue weighted by Crippen LogP contribution is -2.08. The molecule has 2 heterocycles. The van der Waals surface area contributed by atoms with Crippen molar-refractivity contribution in [1.29, 1.82) is 0 Å². The zero-order valence-corrected chi connectivity index (χ0v) is 15.0. The van der Waals surface area contributed by atoms with E-state index >= 15 is 0 Å². The van der Waals surface area contributed by atoms with Gasteiger partial charge in [-0.05, 0) is 36.6 Å². The molecule has 4 heteroatoms. The van der Waals surface area contributed by atoms with Gasteiger partial charge in [0.15, 0.2) is 6.29 Å². The second-order valence-electron chi connectivity index (χ2n) is 6.51. The van der Waals surface area contributed by atoms with E-state index in [1.165, 1.54) is 0 Å². The number of ether oxygens (including phenoxy) is 1. The fourth-order valence-electron chi connectivity index (χ4n) is 3.26. The summed E-state index contributed by atoms with van der Waals surface area (Å²) in [5.41, 5.74) is 3.80. The van der Waals surface area contributed by atoms with Crippen molar-refractivity contribution in [3.05, 3.63) is 59.5 Å². The first kappa shape index (κ1) is 17.2. The lowest BCUT2D eigenvalue weighted by Gasteiger charge is -2.14. The molecule has 0 unspecified atom stereocenters.